The summed E-state index contributed by atoms with van der Waals surface area (Å²) in [5, 5.41) is 21.1. The molecule has 1 saturated heterocycles. The molecule has 1 aromatic heterocycles. The Morgan fingerprint density at radius 2 is 2.28 bits per heavy atom. The van der Waals surface area contributed by atoms with E-state index in [1.165, 1.54) is 4.68 Å². The van der Waals surface area contributed by atoms with Gasteiger partial charge >= 0.3 is 5.97 Å². The maximum absolute atomic E-state index is 11.5. The van der Waals surface area contributed by atoms with Crippen molar-refractivity contribution in [3.63, 3.8) is 0 Å². The van der Waals surface area contributed by atoms with Gasteiger partial charge in [0.2, 0.25) is 0 Å². The molecule has 1 aromatic rings. The molecule has 0 bridgehead atoms. The zero-order chi connectivity index (χ0) is 12.6. The molecule has 2 fully saturated rings. The second-order valence-corrected chi connectivity index (χ2v) is 5.05. The number of aromatic nitrogens is 4. The monoisotopic (exact) mass is 252 g/mol. The van der Waals surface area contributed by atoms with Crippen LogP contribution in [0, 0.1) is 0 Å². The normalized spacial score (nSPS) is 26.6. The first-order valence-electron chi connectivity index (χ1n) is 6.34. The van der Waals surface area contributed by atoms with Gasteiger partial charge < -0.3 is 9.84 Å². The van der Waals surface area contributed by atoms with Crippen molar-refractivity contribution < 1.29 is 14.6 Å². The standard InChI is InChI=1S/C11H16N4O3/c16-10(17)11(4-2-5-11)15-9(12-13-14-15)8-3-1-6-18-7-8/h8H,1-7H2,(H,16,17). The Labute approximate surface area is 104 Å². The molecule has 0 aromatic carbocycles. The van der Waals surface area contributed by atoms with Gasteiger partial charge in [-0.3, -0.25) is 0 Å². The van der Waals surface area contributed by atoms with Gasteiger partial charge in [0.1, 0.15) is 0 Å². The van der Waals surface area contributed by atoms with Crippen LogP contribution < -0.4 is 0 Å². The van der Waals surface area contributed by atoms with Crippen LogP contribution in [0.5, 0.6) is 0 Å². The summed E-state index contributed by atoms with van der Waals surface area (Å²) in [7, 11) is 0. The predicted molar refractivity (Wildman–Crippen MR) is 60.1 cm³/mol. The second-order valence-electron chi connectivity index (χ2n) is 5.05. The van der Waals surface area contributed by atoms with Crippen molar-refractivity contribution in [3.05, 3.63) is 5.82 Å². The molecular weight excluding hydrogens is 236 g/mol. The van der Waals surface area contributed by atoms with E-state index in [0.29, 0.717) is 25.3 Å². The average Bonchev–Trinajstić information content (AvgIpc) is 2.77. The van der Waals surface area contributed by atoms with Crippen LogP contribution in [-0.2, 0) is 15.1 Å². The van der Waals surface area contributed by atoms with E-state index in [1.54, 1.807) is 0 Å². The summed E-state index contributed by atoms with van der Waals surface area (Å²) in [5.41, 5.74) is -0.920. The zero-order valence-electron chi connectivity index (χ0n) is 10.1. The Kier molecular flexibility index (Phi) is 2.77. The van der Waals surface area contributed by atoms with Gasteiger partial charge in [0.25, 0.3) is 0 Å². The smallest absolute Gasteiger partial charge is 0.331 e. The number of hydrogen-bond donors (Lipinski definition) is 1. The van der Waals surface area contributed by atoms with Gasteiger partial charge in [0, 0.05) is 12.5 Å². The summed E-state index contributed by atoms with van der Waals surface area (Å²) in [6.07, 6.45) is 4.04. The minimum Gasteiger partial charge on any atom is -0.479 e. The van der Waals surface area contributed by atoms with Crippen molar-refractivity contribution in [1.82, 2.24) is 20.2 Å². The summed E-state index contributed by atoms with van der Waals surface area (Å²) in [5.74, 6) is -0.0543. The third-order valence-corrected chi connectivity index (χ3v) is 4.00. The minimum atomic E-state index is -0.920. The Hall–Kier alpha value is -1.50. The molecule has 2 heterocycles. The van der Waals surface area contributed by atoms with E-state index in [-0.39, 0.29) is 5.92 Å². The molecule has 3 rings (SSSR count). The second kappa shape index (κ2) is 4.31. The molecule has 7 nitrogen and oxygen atoms in total. The van der Waals surface area contributed by atoms with Crippen LogP contribution in [-0.4, -0.2) is 44.5 Å². The van der Waals surface area contributed by atoms with Crippen LogP contribution in [0.2, 0.25) is 0 Å². The summed E-state index contributed by atoms with van der Waals surface area (Å²) < 4.78 is 6.96. The first-order chi connectivity index (χ1) is 8.74. The molecule has 1 saturated carbocycles. The van der Waals surface area contributed by atoms with Crippen LogP contribution in [0.1, 0.15) is 43.8 Å². The lowest BCUT2D eigenvalue weighted by Gasteiger charge is -2.38. The van der Waals surface area contributed by atoms with Gasteiger partial charge in [0.05, 0.1) is 6.61 Å². The van der Waals surface area contributed by atoms with E-state index >= 15 is 0 Å². The van der Waals surface area contributed by atoms with Gasteiger partial charge in [-0.15, -0.1) is 5.10 Å². The van der Waals surface area contributed by atoms with Crippen molar-refractivity contribution in [2.75, 3.05) is 13.2 Å². The zero-order valence-corrected chi connectivity index (χ0v) is 10.1. The van der Waals surface area contributed by atoms with Crippen molar-refractivity contribution in [2.45, 2.75) is 43.6 Å². The van der Waals surface area contributed by atoms with Gasteiger partial charge in [0.15, 0.2) is 11.4 Å². The molecular formula is C11H16N4O3. The Balaban J connectivity index is 1.93. The summed E-state index contributed by atoms with van der Waals surface area (Å²) in [6, 6.07) is 0. The number of hydrogen-bond acceptors (Lipinski definition) is 5. The minimum absolute atomic E-state index is 0.116. The summed E-state index contributed by atoms with van der Waals surface area (Å²) >= 11 is 0. The third-order valence-electron chi connectivity index (χ3n) is 4.00. The Morgan fingerprint density at radius 3 is 2.83 bits per heavy atom. The fraction of sp³-hybridized carbons (Fsp3) is 0.818. The van der Waals surface area contributed by atoms with Crippen LogP contribution in [0.4, 0.5) is 0 Å². The van der Waals surface area contributed by atoms with Crippen molar-refractivity contribution in [2.24, 2.45) is 0 Å². The van der Waals surface area contributed by atoms with Gasteiger partial charge in [-0.05, 0) is 42.5 Å². The van der Waals surface area contributed by atoms with Crippen LogP contribution in [0.15, 0.2) is 0 Å². The molecule has 0 amide bonds. The molecule has 1 unspecified atom stereocenters. The number of rotatable bonds is 3. The highest BCUT2D eigenvalue weighted by Crippen LogP contribution is 2.40. The first-order valence-corrected chi connectivity index (χ1v) is 6.34. The first kappa shape index (κ1) is 11.6. The number of tetrazole rings is 1. The topological polar surface area (TPSA) is 90.1 Å². The van der Waals surface area contributed by atoms with E-state index in [1.807, 2.05) is 0 Å². The maximum Gasteiger partial charge on any atom is 0.331 e. The van der Waals surface area contributed by atoms with Crippen molar-refractivity contribution in [3.8, 4) is 0 Å². The Bertz CT molecular complexity index is 449. The molecule has 1 N–H and O–H groups in total. The largest absolute Gasteiger partial charge is 0.479 e. The van der Waals surface area contributed by atoms with Crippen LogP contribution in [0.25, 0.3) is 0 Å². The van der Waals surface area contributed by atoms with Crippen LogP contribution in [0.3, 0.4) is 0 Å². The predicted octanol–water partition coefficient (Wildman–Crippen LogP) is 0.531. The number of carboxylic acids is 1. The quantitative estimate of drug-likeness (QED) is 0.844. The maximum atomic E-state index is 11.5. The highest BCUT2D eigenvalue weighted by molar-refractivity contribution is 5.77. The van der Waals surface area contributed by atoms with E-state index in [4.69, 9.17) is 4.74 Å². The number of nitrogens with zero attached hydrogens (tertiary/aromatic N) is 4. The third kappa shape index (κ3) is 1.61. The van der Waals surface area contributed by atoms with E-state index in [9.17, 15) is 9.90 Å². The fourth-order valence-corrected chi connectivity index (χ4v) is 2.73. The lowest BCUT2D eigenvalue weighted by atomic mass is 9.76. The van der Waals surface area contributed by atoms with Gasteiger partial charge in [-0.2, -0.15) is 0 Å². The molecule has 18 heavy (non-hydrogen) atoms. The van der Waals surface area contributed by atoms with Crippen molar-refractivity contribution >= 4 is 5.97 Å². The summed E-state index contributed by atoms with van der Waals surface area (Å²) in [6.45, 7) is 1.35. The van der Waals surface area contributed by atoms with Crippen LogP contribution >= 0.6 is 0 Å². The molecule has 1 aliphatic carbocycles. The lowest BCUT2D eigenvalue weighted by Crippen LogP contribution is -2.49. The SMILES string of the molecule is O=C(O)C1(n2nnnc2C2CCCOC2)CCC1. The van der Waals surface area contributed by atoms with Gasteiger partial charge in [-0.1, -0.05) is 0 Å². The fourth-order valence-electron chi connectivity index (χ4n) is 2.73. The van der Waals surface area contributed by atoms with E-state index in [0.717, 1.165) is 25.9 Å². The number of carboxylic acid groups (broad SMARTS) is 1. The number of aliphatic carboxylic acids is 1. The molecule has 7 heteroatoms. The molecule has 0 radical (unpaired) electrons. The summed E-state index contributed by atoms with van der Waals surface area (Å²) in [4.78, 5) is 11.5. The highest BCUT2D eigenvalue weighted by Gasteiger charge is 2.49. The number of ether oxygens (including phenoxy) is 1. The van der Waals surface area contributed by atoms with E-state index < -0.39 is 11.5 Å². The van der Waals surface area contributed by atoms with E-state index in [2.05, 4.69) is 15.5 Å². The molecule has 2 aliphatic rings. The lowest BCUT2D eigenvalue weighted by molar-refractivity contribution is -0.153. The molecule has 98 valence electrons. The van der Waals surface area contributed by atoms with Gasteiger partial charge in [-0.25, -0.2) is 9.48 Å². The molecule has 0 spiro atoms. The Morgan fingerprint density at radius 1 is 1.44 bits per heavy atom. The number of carbonyl (C=O) groups is 1. The average molecular weight is 252 g/mol. The molecule has 1 atom stereocenters. The molecule has 1 aliphatic heterocycles. The highest BCUT2D eigenvalue weighted by atomic mass is 16.5. The van der Waals surface area contributed by atoms with Crippen molar-refractivity contribution in [1.29, 1.82) is 0 Å².